The molecule has 4 aromatic rings. The Labute approximate surface area is 142 Å². The van der Waals surface area contributed by atoms with E-state index in [0.717, 1.165) is 10.9 Å². The Morgan fingerprint density at radius 3 is 2.64 bits per heavy atom. The van der Waals surface area contributed by atoms with Crippen LogP contribution in [0.15, 0.2) is 59.5 Å². The number of esters is 1. The Hall–Kier alpha value is -3.41. The number of ether oxygens (including phenoxy) is 1. The molecule has 0 saturated carbocycles. The van der Waals surface area contributed by atoms with Gasteiger partial charge in [-0.05, 0) is 25.1 Å². The molecule has 4 rings (SSSR count). The number of hydrogen-bond donors (Lipinski definition) is 2. The van der Waals surface area contributed by atoms with Crippen LogP contribution >= 0.6 is 0 Å². The predicted octanol–water partition coefficient (Wildman–Crippen LogP) is 3.32. The van der Waals surface area contributed by atoms with Gasteiger partial charge in [-0.2, -0.15) is 0 Å². The first-order valence-corrected chi connectivity index (χ1v) is 7.89. The smallest absolute Gasteiger partial charge is 0.341 e. The quantitative estimate of drug-likeness (QED) is 0.563. The van der Waals surface area contributed by atoms with Crippen molar-refractivity contribution in [3.63, 3.8) is 0 Å². The lowest BCUT2D eigenvalue weighted by molar-refractivity contribution is 0.0322. The summed E-state index contributed by atoms with van der Waals surface area (Å²) in [5.41, 5.74) is 1.62. The van der Waals surface area contributed by atoms with Crippen molar-refractivity contribution < 1.29 is 9.53 Å². The van der Waals surface area contributed by atoms with Crippen LogP contribution in [0.3, 0.4) is 0 Å². The maximum absolute atomic E-state index is 12.5. The van der Waals surface area contributed by atoms with Crippen molar-refractivity contribution in [1.82, 2.24) is 15.0 Å². The highest BCUT2D eigenvalue weighted by Crippen LogP contribution is 2.22. The first-order valence-electron chi connectivity index (χ1n) is 7.89. The number of hydrogen-bond acceptors (Lipinski definition) is 4. The van der Waals surface area contributed by atoms with E-state index in [4.69, 9.17) is 4.74 Å². The largest absolute Gasteiger partial charge is 0.451 e. The Kier molecular flexibility index (Phi) is 3.57. The van der Waals surface area contributed by atoms with E-state index in [1.54, 1.807) is 37.4 Å². The molecule has 2 aromatic carbocycles. The number of rotatable bonds is 3. The standard InChI is InChI=1S/C19H15N3O3/c1-11(17-21-16-9-5-3-7-13(16)18(23)22-17)25-19(24)14-10-20-15-8-4-2-6-12(14)15/h2-11,20H,1H3,(H,21,22,23). The average Bonchev–Trinajstić information content (AvgIpc) is 3.06. The zero-order valence-corrected chi connectivity index (χ0v) is 13.4. The van der Waals surface area contributed by atoms with E-state index < -0.39 is 12.1 Å². The van der Waals surface area contributed by atoms with Crippen molar-refractivity contribution in [1.29, 1.82) is 0 Å². The van der Waals surface area contributed by atoms with Crippen LogP contribution in [0.25, 0.3) is 21.8 Å². The van der Waals surface area contributed by atoms with Crippen molar-refractivity contribution >= 4 is 27.8 Å². The van der Waals surface area contributed by atoms with Crippen molar-refractivity contribution in [2.75, 3.05) is 0 Å². The Morgan fingerprint density at radius 1 is 1.08 bits per heavy atom. The normalized spacial score (nSPS) is 12.4. The Balaban J connectivity index is 1.64. The van der Waals surface area contributed by atoms with Crippen LogP contribution in [0, 0.1) is 0 Å². The van der Waals surface area contributed by atoms with Crippen LogP contribution in [0.2, 0.25) is 0 Å². The average molecular weight is 333 g/mol. The maximum atomic E-state index is 12.5. The summed E-state index contributed by atoms with van der Waals surface area (Å²) in [5, 5.41) is 1.29. The summed E-state index contributed by atoms with van der Waals surface area (Å²) in [5.74, 6) is -0.155. The number of carbonyl (C=O) groups excluding carboxylic acids is 1. The molecule has 2 heterocycles. The highest BCUT2D eigenvalue weighted by Gasteiger charge is 2.19. The molecular formula is C19H15N3O3. The van der Waals surface area contributed by atoms with Crippen LogP contribution < -0.4 is 5.56 Å². The lowest BCUT2D eigenvalue weighted by Gasteiger charge is -2.12. The summed E-state index contributed by atoms with van der Waals surface area (Å²) in [6, 6.07) is 14.5. The summed E-state index contributed by atoms with van der Waals surface area (Å²) in [6.07, 6.45) is 0.939. The first-order chi connectivity index (χ1) is 12.1. The second kappa shape index (κ2) is 5.90. The third kappa shape index (κ3) is 2.67. The van der Waals surface area contributed by atoms with Gasteiger partial charge in [-0.3, -0.25) is 4.79 Å². The fourth-order valence-corrected chi connectivity index (χ4v) is 2.82. The maximum Gasteiger partial charge on any atom is 0.341 e. The van der Waals surface area contributed by atoms with Gasteiger partial charge in [-0.25, -0.2) is 9.78 Å². The first kappa shape index (κ1) is 15.1. The molecule has 1 atom stereocenters. The number of fused-ring (bicyclic) bond motifs is 2. The predicted molar refractivity (Wildman–Crippen MR) is 94.5 cm³/mol. The van der Waals surface area contributed by atoms with E-state index >= 15 is 0 Å². The minimum Gasteiger partial charge on any atom is -0.451 e. The number of nitrogens with zero attached hydrogens (tertiary/aromatic N) is 1. The van der Waals surface area contributed by atoms with Gasteiger partial charge in [0.1, 0.15) is 0 Å². The summed E-state index contributed by atoms with van der Waals surface area (Å²) in [4.78, 5) is 34.8. The minimum atomic E-state index is -0.682. The summed E-state index contributed by atoms with van der Waals surface area (Å²) in [7, 11) is 0. The molecule has 25 heavy (non-hydrogen) atoms. The molecule has 0 radical (unpaired) electrons. The lowest BCUT2D eigenvalue weighted by atomic mass is 10.2. The Bertz CT molecular complexity index is 1140. The molecule has 0 aliphatic carbocycles. The lowest BCUT2D eigenvalue weighted by Crippen LogP contribution is -2.17. The molecule has 6 heteroatoms. The molecular weight excluding hydrogens is 318 g/mol. The van der Waals surface area contributed by atoms with E-state index in [-0.39, 0.29) is 5.56 Å². The van der Waals surface area contributed by atoms with Crippen LogP contribution in [0.5, 0.6) is 0 Å². The fourth-order valence-electron chi connectivity index (χ4n) is 2.82. The molecule has 0 aliphatic heterocycles. The van der Waals surface area contributed by atoms with E-state index in [1.807, 2.05) is 24.3 Å². The molecule has 0 saturated heterocycles. The number of nitrogens with one attached hydrogen (secondary N) is 2. The minimum absolute atomic E-state index is 0.254. The van der Waals surface area contributed by atoms with E-state index in [0.29, 0.717) is 22.3 Å². The molecule has 0 fully saturated rings. The van der Waals surface area contributed by atoms with E-state index in [9.17, 15) is 9.59 Å². The second-order valence-corrected chi connectivity index (χ2v) is 5.76. The second-order valence-electron chi connectivity index (χ2n) is 5.76. The zero-order valence-electron chi connectivity index (χ0n) is 13.4. The van der Waals surface area contributed by atoms with Crippen molar-refractivity contribution in [2.24, 2.45) is 0 Å². The van der Waals surface area contributed by atoms with Gasteiger partial charge in [0.05, 0.1) is 16.5 Å². The number of aromatic nitrogens is 3. The Morgan fingerprint density at radius 2 is 1.80 bits per heavy atom. The van der Waals surface area contributed by atoms with Gasteiger partial charge < -0.3 is 14.7 Å². The molecule has 2 N–H and O–H groups in total. The van der Waals surface area contributed by atoms with Gasteiger partial charge >= 0.3 is 5.97 Å². The number of aromatic amines is 2. The number of carbonyl (C=O) groups is 1. The fraction of sp³-hybridized carbons (Fsp3) is 0.105. The summed E-state index contributed by atoms with van der Waals surface area (Å²) < 4.78 is 5.50. The molecule has 124 valence electrons. The molecule has 0 amide bonds. The molecule has 6 nitrogen and oxygen atoms in total. The zero-order chi connectivity index (χ0) is 17.4. The molecule has 2 aromatic heterocycles. The molecule has 0 bridgehead atoms. The van der Waals surface area contributed by atoms with Gasteiger partial charge in [0.2, 0.25) is 0 Å². The number of H-pyrrole nitrogens is 2. The van der Waals surface area contributed by atoms with Gasteiger partial charge in [0, 0.05) is 17.1 Å². The van der Waals surface area contributed by atoms with Crippen molar-refractivity contribution in [3.05, 3.63) is 76.5 Å². The van der Waals surface area contributed by atoms with Gasteiger partial charge in [-0.15, -0.1) is 0 Å². The van der Waals surface area contributed by atoms with Crippen LogP contribution in [0.4, 0.5) is 0 Å². The van der Waals surface area contributed by atoms with Crippen LogP contribution in [-0.4, -0.2) is 20.9 Å². The molecule has 0 aliphatic rings. The van der Waals surface area contributed by atoms with Crippen molar-refractivity contribution in [3.8, 4) is 0 Å². The highest BCUT2D eigenvalue weighted by molar-refractivity contribution is 6.04. The van der Waals surface area contributed by atoms with Crippen molar-refractivity contribution in [2.45, 2.75) is 13.0 Å². The highest BCUT2D eigenvalue weighted by atomic mass is 16.5. The number of benzene rings is 2. The van der Waals surface area contributed by atoms with Gasteiger partial charge in [0.25, 0.3) is 5.56 Å². The van der Waals surface area contributed by atoms with Gasteiger partial charge in [-0.1, -0.05) is 30.3 Å². The molecule has 1 unspecified atom stereocenters. The SMILES string of the molecule is CC(OC(=O)c1c[nH]c2ccccc12)c1nc2ccccc2c(=O)[nH]1. The van der Waals surface area contributed by atoms with E-state index in [1.165, 1.54) is 0 Å². The molecule has 0 spiro atoms. The summed E-state index contributed by atoms with van der Waals surface area (Å²) in [6.45, 7) is 1.68. The van der Waals surface area contributed by atoms with Gasteiger partial charge in [0.15, 0.2) is 11.9 Å². The van der Waals surface area contributed by atoms with Crippen LogP contribution in [-0.2, 0) is 4.74 Å². The topological polar surface area (TPSA) is 87.8 Å². The van der Waals surface area contributed by atoms with Crippen LogP contribution in [0.1, 0.15) is 29.2 Å². The van der Waals surface area contributed by atoms with E-state index in [2.05, 4.69) is 15.0 Å². The number of para-hydroxylation sites is 2. The third-order valence-corrected chi connectivity index (χ3v) is 4.11. The summed E-state index contributed by atoms with van der Waals surface area (Å²) >= 11 is 0. The third-order valence-electron chi connectivity index (χ3n) is 4.11. The monoisotopic (exact) mass is 333 g/mol.